The first-order valence-corrected chi connectivity index (χ1v) is 7.53. The molecule has 2 aromatic rings. The molecule has 1 N–H and O–H groups in total. The number of aromatic nitrogens is 2. The van der Waals surface area contributed by atoms with E-state index in [9.17, 15) is 4.79 Å². The maximum atomic E-state index is 13.0. The second-order valence-corrected chi connectivity index (χ2v) is 6.19. The van der Waals surface area contributed by atoms with Gasteiger partial charge in [0.2, 0.25) is 5.95 Å². The maximum Gasteiger partial charge on any atom is 0.277 e. The third-order valence-electron chi connectivity index (χ3n) is 3.62. The summed E-state index contributed by atoms with van der Waals surface area (Å²) in [5.41, 5.74) is 1.42. The summed E-state index contributed by atoms with van der Waals surface area (Å²) in [6.45, 7) is 6.23. The summed E-state index contributed by atoms with van der Waals surface area (Å²) in [5, 5.41) is 2.88. The van der Waals surface area contributed by atoms with Crippen molar-refractivity contribution in [3.05, 3.63) is 41.7 Å². The highest BCUT2D eigenvalue weighted by atomic mass is 16.5. The summed E-state index contributed by atoms with van der Waals surface area (Å²) in [5.74, 6) is 0.988. The molecule has 3 rings (SSSR count). The molecule has 0 aliphatic carbocycles. The van der Waals surface area contributed by atoms with Crippen LogP contribution in [0.2, 0.25) is 0 Å². The summed E-state index contributed by atoms with van der Waals surface area (Å²) >= 11 is 0. The van der Waals surface area contributed by atoms with Crippen LogP contribution in [0.5, 0.6) is 5.75 Å². The molecule has 0 unspecified atom stereocenters. The molecule has 0 bridgehead atoms. The Labute approximate surface area is 135 Å². The van der Waals surface area contributed by atoms with Gasteiger partial charge in [-0.25, -0.2) is 9.97 Å². The van der Waals surface area contributed by atoms with E-state index in [0.717, 1.165) is 11.4 Å². The standard InChI is InChI=1S/C17H20N4O2/c1-11-9-12(20-16(18-4)19-11)15(22)21-10-17(2,3)23-14-8-6-5-7-13(14)21/h5-9H,10H2,1-4H3,(H,18,19,20). The number of ether oxygens (including phenoxy) is 1. The number of aryl methyl sites for hydroxylation is 1. The van der Waals surface area contributed by atoms with Gasteiger partial charge in [-0.1, -0.05) is 12.1 Å². The summed E-state index contributed by atoms with van der Waals surface area (Å²) in [7, 11) is 1.73. The van der Waals surface area contributed by atoms with Crippen molar-refractivity contribution in [3.63, 3.8) is 0 Å². The van der Waals surface area contributed by atoms with Crippen molar-refractivity contribution in [3.8, 4) is 5.75 Å². The smallest absolute Gasteiger partial charge is 0.277 e. The number of nitrogens with zero attached hydrogens (tertiary/aromatic N) is 3. The van der Waals surface area contributed by atoms with E-state index in [2.05, 4.69) is 15.3 Å². The Morgan fingerprint density at radius 1 is 1.30 bits per heavy atom. The molecule has 2 heterocycles. The number of carbonyl (C=O) groups is 1. The molecule has 1 aliphatic heterocycles. The number of hydrogen-bond acceptors (Lipinski definition) is 5. The first-order valence-electron chi connectivity index (χ1n) is 7.53. The topological polar surface area (TPSA) is 67.4 Å². The van der Waals surface area contributed by atoms with E-state index in [-0.39, 0.29) is 5.91 Å². The van der Waals surface area contributed by atoms with E-state index < -0.39 is 5.60 Å². The fraction of sp³-hybridized carbons (Fsp3) is 0.353. The lowest BCUT2D eigenvalue weighted by Crippen LogP contribution is -2.49. The quantitative estimate of drug-likeness (QED) is 0.923. The largest absolute Gasteiger partial charge is 0.484 e. The Hall–Kier alpha value is -2.63. The van der Waals surface area contributed by atoms with Gasteiger partial charge in [-0.2, -0.15) is 0 Å². The van der Waals surface area contributed by atoms with Gasteiger partial charge in [0.15, 0.2) is 0 Å². The van der Waals surface area contributed by atoms with Gasteiger partial charge in [0, 0.05) is 12.7 Å². The summed E-state index contributed by atoms with van der Waals surface area (Å²) in [6, 6.07) is 9.26. The summed E-state index contributed by atoms with van der Waals surface area (Å²) in [4.78, 5) is 23.3. The molecule has 6 heteroatoms. The second-order valence-electron chi connectivity index (χ2n) is 6.19. The minimum atomic E-state index is -0.460. The van der Waals surface area contributed by atoms with Gasteiger partial charge < -0.3 is 10.1 Å². The third-order valence-corrected chi connectivity index (χ3v) is 3.62. The van der Waals surface area contributed by atoms with Gasteiger partial charge >= 0.3 is 0 Å². The number of anilines is 2. The average molecular weight is 312 g/mol. The molecule has 6 nitrogen and oxygen atoms in total. The highest BCUT2D eigenvalue weighted by Crippen LogP contribution is 2.37. The molecule has 0 radical (unpaired) electrons. The van der Waals surface area contributed by atoms with Gasteiger partial charge in [-0.15, -0.1) is 0 Å². The number of rotatable bonds is 2. The zero-order valence-corrected chi connectivity index (χ0v) is 13.8. The van der Waals surface area contributed by atoms with Gasteiger partial charge in [0.05, 0.1) is 12.2 Å². The number of para-hydroxylation sites is 2. The molecule has 1 amide bonds. The van der Waals surface area contributed by atoms with Crippen molar-refractivity contribution >= 4 is 17.5 Å². The molecular weight excluding hydrogens is 292 g/mol. The molecule has 1 aromatic heterocycles. The van der Waals surface area contributed by atoms with E-state index in [4.69, 9.17) is 4.74 Å². The zero-order valence-electron chi connectivity index (χ0n) is 13.8. The number of carbonyl (C=O) groups excluding carboxylic acids is 1. The molecule has 1 aromatic carbocycles. The number of amides is 1. The first-order chi connectivity index (χ1) is 10.9. The highest BCUT2D eigenvalue weighted by molar-refractivity contribution is 6.06. The predicted molar refractivity (Wildman–Crippen MR) is 89.1 cm³/mol. The molecule has 0 spiro atoms. The van der Waals surface area contributed by atoms with Crippen LogP contribution in [-0.2, 0) is 0 Å². The van der Waals surface area contributed by atoms with Gasteiger partial charge in [0.25, 0.3) is 5.91 Å². The van der Waals surface area contributed by atoms with Crippen LogP contribution in [0.4, 0.5) is 11.6 Å². The van der Waals surface area contributed by atoms with E-state index in [1.807, 2.05) is 45.0 Å². The Morgan fingerprint density at radius 2 is 2.04 bits per heavy atom. The van der Waals surface area contributed by atoms with Crippen molar-refractivity contribution in [1.82, 2.24) is 9.97 Å². The SMILES string of the molecule is CNc1nc(C)cc(C(=O)N2CC(C)(C)Oc3ccccc32)n1. The number of benzene rings is 1. The van der Waals surface area contributed by atoms with Crippen LogP contribution in [-0.4, -0.2) is 35.1 Å². The first kappa shape index (κ1) is 15.3. The summed E-state index contributed by atoms with van der Waals surface area (Å²) < 4.78 is 5.97. The third kappa shape index (κ3) is 2.97. The molecule has 1 aliphatic rings. The van der Waals surface area contributed by atoms with E-state index in [1.165, 1.54) is 0 Å². The molecule has 0 saturated carbocycles. The monoisotopic (exact) mass is 312 g/mol. The van der Waals surface area contributed by atoms with E-state index >= 15 is 0 Å². The van der Waals surface area contributed by atoms with E-state index in [1.54, 1.807) is 18.0 Å². The summed E-state index contributed by atoms with van der Waals surface area (Å²) in [6.07, 6.45) is 0. The van der Waals surface area contributed by atoms with Crippen molar-refractivity contribution in [2.24, 2.45) is 0 Å². The van der Waals surface area contributed by atoms with Gasteiger partial charge in [-0.3, -0.25) is 9.69 Å². The van der Waals surface area contributed by atoms with Crippen LogP contribution in [0.25, 0.3) is 0 Å². The van der Waals surface area contributed by atoms with Crippen LogP contribution in [0.15, 0.2) is 30.3 Å². The Morgan fingerprint density at radius 3 is 2.78 bits per heavy atom. The fourth-order valence-electron chi connectivity index (χ4n) is 2.67. The Kier molecular flexibility index (Phi) is 3.67. The van der Waals surface area contributed by atoms with E-state index in [0.29, 0.717) is 23.9 Å². The van der Waals surface area contributed by atoms with Crippen molar-refractivity contribution in [2.75, 3.05) is 23.8 Å². The van der Waals surface area contributed by atoms with Gasteiger partial charge in [0.1, 0.15) is 17.0 Å². The molecule has 0 fully saturated rings. The lowest BCUT2D eigenvalue weighted by molar-refractivity contribution is 0.0833. The lowest BCUT2D eigenvalue weighted by atomic mass is 10.0. The molecule has 0 saturated heterocycles. The molecule has 23 heavy (non-hydrogen) atoms. The van der Waals surface area contributed by atoms with Crippen LogP contribution in [0.3, 0.4) is 0 Å². The Balaban J connectivity index is 2.04. The van der Waals surface area contributed by atoms with Crippen LogP contribution >= 0.6 is 0 Å². The van der Waals surface area contributed by atoms with Crippen molar-refractivity contribution in [2.45, 2.75) is 26.4 Å². The predicted octanol–water partition coefficient (Wildman–Crippen LogP) is 2.64. The second kappa shape index (κ2) is 5.53. The highest BCUT2D eigenvalue weighted by Gasteiger charge is 2.35. The Bertz CT molecular complexity index is 758. The lowest BCUT2D eigenvalue weighted by Gasteiger charge is -2.39. The number of hydrogen-bond donors (Lipinski definition) is 1. The average Bonchev–Trinajstić information content (AvgIpc) is 2.51. The van der Waals surface area contributed by atoms with Gasteiger partial charge in [-0.05, 0) is 39.0 Å². The normalized spacial score (nSPS) is 15.6. The molecule has 0 atom stereocenters. The zero-order chi connectivity index (χ0) is 16.6. The van der Waals surface area contributed by atoms with Crippen molar-refractivity contribution < 1.29 is 9.53 Å². The number of fused-ring (bicyclic) bond motifs is 1. The van der Waals surface area contributed by atoms with Crippen molar-refractivity contribution in [1.29, 1.82) is 0 Å². The van der Waals surface area contributed by atoms with Crippen LogP contribution < -0.4 is 15.0 Å². The maximum absolute atomic E-state index is 13.0. The van der Waals surface area contributed by atoms with Crippen LogP contribution in [0.1, 0.15) is 30.0 Å². The molecular formula is C17H20N4O2. The fourth-order valence-corrected chi connectivity index (χ4v) is 2.67. The minimum absolute atomic E-state index is 0.157. The minimum Gasteiger partial charge on any atom is -0.484 e. The number of nitrogens with one attached hydrogen (secondary N) is 1. The molecule has 120 valence electrons. The van der Waals surface area contributed by atoms with Crippen LogP contribution in [0, 0.1) is 6.92 Å².